The van der Waals surface area contributed by atoms with E-state index in [0.717, 1.165) is 12.6 Å². The fourth-order valence-corrected chi connectivity index (χ4v) is 2.25. The van der Waals surface area contributed by atoms with Crippen LogP contribution in [0.25, 0.3) is 0 Å². The lowest BCUT2D eigenvalue weighted by Gasteiger charge is -2.30. The molecule has 0 bridgehead atoms. The minimum Gasteiger partial charge on any atom is -0.377 e. The van der Waals surface area contributed by atoms with Crippen LogP contribution in [0.15, 0.2) is 0 Å². The van der Waals surface area contributed by atoms with Gasteiger partial charge in [0.25, 0.3) is 0 Å². The predicted molar refractivity (Wildman–Crippen MR) is 48.1 cm³/mol. The number of hydrogen-bond donors (Lipinski definition) is 1. The molecule has 0 aromatic heterocycles. The molecule has 64 valence electrons. The lowest BCUT2D eigenvalue weighted by molar-refractivity contribution is 0.111. The number of ether oxygens (including phenoxy) is 1. The third kappa shape index (κ3) is 1.71. The van der Waals surface area contributed by atoms with E-state index in [2.05, 4.69) is 12.2 Å². The van der Waals surface area contributed by atoms with E-state index in [1.165, 1.54) is 17.9 Å². The van der Waals surface area contributed by atoms with Crippen LogP contribution in [0.1, 0.15) is 13.3 Å². The summed E-state index contributed by atoms with van der Waals surface area (Å²) in [5.41, 5.74) is 0. The first-order valence-corrected chi connectivity index (χ1v) is 5.47. The molecule has 2 atom stereocenters. The van der Waals surface area contributed by atoms with Gasteiger partial charge in [-0.1, -0.05) is 0 Å². The van der Waals surface area contributed by atoms with Crippen LogP contribution in [0.4, 0.5) is 0 Å². The fourth-order valence-electron chi connectivity index (χ4n) is 1.59. The zero-order valence-corrected chi connectivity index (χ0v) is 7.69. The smallest absolute Gasteiger partial charge is 0.0700 e. The van der Waals surface area contributed by atoms with Gasteiger partial charge in [0, 0.05) is 30.2 Å². The molecule has 1 N–H and O–H groups in total. The van der Waals surface area contributed by atoms with Crippen LogP contribution in [-0.2, 0) is 4.74 Å². The van der Waals surface area contributed by atoms with Crippen molar-refractivity contribution in [1.82, 2.24) is 5.32 Å². The first-order valence-electron chi connectivity index (χ1n) is 4.31. The molecule has 2 saturated heterocycles. The zero-order chi connectivity index (χ0) is 7.68. The highest BCUT2D eigenvalue weighted by Crippen LogP contribution is 2.21. The Kier molecular flexibility index (Phi) is 2.39. The summed E-state index contributed by atoms with van der Waals surface area (Å²) in [6, 6.07) is 1.40. The second kappa shape index (κ2) is 3.33. The maximum Gasteiger partial charge on any atom is 0.0700 e. The largest absolute Gasteiger partial charge is 0.377 e. The molecule has 3 heteroatoms. The van der Waals surface area contributed by atoms with Gasteiger partial charge in [-0.15, -0.1) is 0 Å². The molecule has 2 aliphatic heterocycles. The third-order valence-electron chi connectivity index (χ3n) is 2.46. The lowest BCUT2D eigenvalue weighted by Crippen LogP contribution is -2.48. The molecule has 0 aromatic carbocycles. The van der Waals surface area contributed by atoms with Crippen molar-refractivity contribution in [2.24, 2.45) is 0 Å². The average Bonchev–Trinajstić information content (AvgIpc) is 2.27. The van der Waals surface area contributed by atoms with Crippen LogP contribution < -0.4 is 5.32 Å². The summed E-state index contributed by atoms with van der Waals surface area (Å²) in [4.78, 5) is 0. The van der Waals surface area contributed by atoms with Crippen LogP contribution in [0.2, 0.25) is 0 Å². The van der Waals surface area contributed by atoms with Crippen molar-refractivity contribution in [3.8, 4) is 0 Å². The summed E-state index contributed by atoms with van der Waals surface area (Å²) in [5, 5.41) is 3.62. The minimum absolute atomic E-state index is 0.431. The highest BCUT2D eigenvalue weighted by atomic mass is 32.2. The van der Waals surface area contributed by atoms with Gasteiger partial charge in [0.1, 0.15) is 0 Å². The zero-order valence-electron chi connectivity index (χ0n) is 6.88. The molecule has 0 amide bonds. The molecule has 0 aromatic rings. The second-order valence-corrected chi connectivity index (χ2v) is 4.45. The molecule has 2 aliphatic rings. The van der Waals surface area contributed by atoms with Crippen molar-refractivity contribution in [3.05, 3.63) is 0 Å². The van der Waals surface area contributed by atoms with Gasteiger partial charge in [-0.25, -0.2) is 0 Å². The third-order valence-corrected chi connectivity index (χ3v) is 3.74. The predicted octanol–water partition coefficient (Wildman–Crippen LogP) is 0.869. The molecule has 0 aliphatic carbocycles. The fraction of sp³-hybridized carbons (Fsp3) is 1.00. The summed E-state index contributed by atoms with van der Waals surface area (Å²) >= 11 is 2.03. The molecule has 11 heavy (non-hydrogen) atoms. The van der Waals surface area contributed by atoms with Gasteiger partial charge in [0.15, 0.2) is 0 Å². The Morgan fingerprint density at radius 2 is 2.27 bits per heavy atom. The van der Waals surface area contributed by atoms with Crippen molar-refractivity contribution in [2.45, 2.75) is 31.5 Å². The van der Waals surface area contributed by atoms with E-state index >= 15 is 0 Å². The molecule has 2 heterocycles. The Hall–Kier alpha value is 0.270. The molecule has 0 radical (unpaired) electrons. The monoisotopic (exact) mass is 173 g/mol. The van der Waals surface area contributed by atoms with Crippen LogP contribution in [0.5, 0.6) is 0 Å². The number of nitrogens with one attached hydrogen (secondary N) is 1. The SMILES string of the molecule is CC1OCCC1NC1CSC1. The summed E-state index contributed by atoms with van der Waals surface area (Å²) in [6.45, 7) is 3.11. The molecule has 2 fully saturated rings. The van der Waals surface area contributed by atoms with Gasteiger partial charge >= 0.3 is 0 Å². The van der Waals surface area contributed by atoms with Gasteiger partial charge in [-0.2, -0.15) is 11.8 Å². The normalized spacial score (nSPS) is 39.0. The van der Waals surface area contributed by atoms with E-state index in [-0.39, 0.29) is 0 Å². The first kappa shape index (κ1) is 7.90. The summed E-state index contributed by atoms with van der Waals surface area (Å²) < 4.78 is 5.47. The average molecular weight is 173 g/mol. The number of rotatable bonds is 2. The van der Waals surface area contributed by atoms with Crippen molar-refractivity contribution >= 4 is 11.8 Å². The molecule has 0 saturated carbocycles. The number of hydrogen-bond acceptors (Lipinski definition) is 3. The second-order valence-electron chi connectivity index (χ2n) is 3.37. The van der Waals surface area contributed by atoms with Crippen LogP contribution in [0.3, 0.4) is 0 Å². The quantitative estimate of drug-likeness (QED) is 0.669. The molecular weight excluding hydrogens is 158 g/mol. The van der Waals surface area contributed by atoms with Gasteiger partial charge in [-0.05, 0) is 13.3 Å². The van der Waals surface area contributed by atoms with Crippen molar-refractivity contribution in [2.75, 3.05) is 18.1 Å². The van der Waals surface area contributed by atoms with E-state index in [1.807, 2.05) is 11.8 Å². The topological polar surface area (TPSA) is 21.3 Å². The number of thioether (sulfide) groups is 1. The van der Waals surface area contributed by atoms with Gasteiger partial charge in [0.2, 0.25) is 0 Å². The first-order chi connectivity index (χ1) is 5.36. The summed E-state index contributed by atoms with van der Waals surface area (Å²) in [5.74, 6) is 2.59. The van der Waals surface area contributed by atoms with Gasteiger partial charge < -0.3 is 10.1 Å². The molecule has 0 spiro atoms. The highest BCUT2D eigenvalue weighted by molar-refractivity contribution is 8.00. The Labute approximate surface area is 72.1 Å². The molecule has 2 unspecified atom stereocenters. The standard InChI is InChI=1S/C8H15NOS/c1-6-8(2-3-10-6)9-7-4-11-5-7/h6-9H,2-5H2,1H3. The Bertz CT molecular complexity index is 138. The van der Waals surface area contributed by atoms with Crippen molar-refractivity contribution in [3.63, 3.8) is 0 Å². The minimum atomic E-state index is 0.431. The van der Waals surface area contributed by atoms with E-state index < -0.39 is 0 Å². The molecular formula is C8H15NOS. The van der Waals surface area contributed by atoms with E-state index in [1.54, 1.807) is 0 Å². The lowest BCUT2D eigenvalue weighted by atomic mass is 10.1. The van der Waals surface area contributed by atoms with Crippen LogP contribution in [0, 0.1) is 0 Å². The maximum absolute atomic E-state index is 5.47. The maximum atomic E-state index is 5.47. The van der Waals surface area contributed by atoms with Crippen LogP contribution >= 0.6 is 11.8 Å². The Morgan fingerprint density at radius 3 is 2.73 bits per heavy atom. The summed E-state index contributed by atoms with van der Waals surface area (Å²) in [6.07, 6.45) is 1.63. The Morgan fingerprint density at radius 1 is 1.45 bits per heavy atom. The molecule has 2 rings (SSSR count). The van der Waals surface area contributed by atoms with Crippen molar-refractivity contribution < 1.29 is 4.74 Å². The van der Waals surface area contributed by atoms with Crippen molar-refractivity contribution in [1.29, 1.82) is 0 Å². The van der Waals surface area contributed by atoms with E-state index in [0.29, 0.717) is 12.1 Å². The van der Waals surface area contributed by atoms with E-state index in [9.17, 15) is 0 Å². The highest BCUT2D eigenvalue weighted by Gasteiger charge is 2.28. The van der Waals surface area contributed by atoms with Crippen LogP contribution in [-0.4, -0.2) is 36.3 Å². The summed E-state index contributed by atoms with van der Waals surface area (Å²) in [7, 11) is 0. The Balaban J connectivity index is 1.75. The van der Waals surface area contributed by atoms with E-state index in [4.69, 9.17) is 4.74 Å². The van der Waals surface area contributed by atoms with Gasteiger partial charge in [0.05, 0.1) is 6.10 Å². The van der Waals surface area contributed by atoms with Gasteiger partial charge in [-0.3, -0.25) is 0 Å². The molecule has 2 nitrogen and oxygen atoms in total.